The molecule has 0 amide bonds. The first-order valence-electron chi connectivity index (χ1n) is 6.89. The van der Waals surface area contributed by atoms with E-state index in [9.17, 15) is 9.90 Å². The van der Waals surface area contributed by atoms with Gasteiger partial charge in [-0.1, -0.05) is 25.5 Å². The Morgan fingerprint density at radius 1 is 1.50 bits per heavy atom. The first-order chi connectivity index (χ1) is 8.35. The van der Waals surface area contributed by atoms with Crippen LogP contribution in [-0.2, 0) is 9.53 Å². The summed E-state index contributed by atoms with van der Waals surface area (Å²) in [6.45, 7) is 8.02. The van der Waals surface area contributed by atoms with Crippen molar-refractivity contribution in [2.24, 2.45) is 11.8 Å². The minimum atomic E-state index is -0.659. The predicted octanol–water partition coefficient (Wildman–Crippen LogP) is 2.48. The summed E-state index contributed by atoms with van der Waals surface area (Å²) in [7, 11) is 0. The van der Waals surface area contributed by atoms with E-state index in [0.717, 1.165) is 18.4 Å². The number of hydrogen-bond acceptors (Lipinski definition) is 3. The normalized spacial score (nSPS) is 41.3. The molecule has 3 nitrogen and oxygen atoms in total. The van der Waals surface area contributed by atoms with Crippen LogP contribution in [0.5, 0.6) is 0 Å². The van der Waals surface area contributed by atoms with Gasteiger partial charge in [0.25, 0.3) is 0 Å². The van der Waals surface area contributed by atoms with E-state index < -0.39 is 6.10 Å². The molecule has 0 aromatic carbocycles. The molecule has 0 aromatic heterocycles. The van der Waals surface area contributed by atoms with Gasteiger partial charge in [-0.15, -0.1) is 0 Å². The van der Waals surface area contributed by atoms with Crippen molar-refractivity contribution in [1.82, 2.24) is 0 Å². The van der Waals surface area contributed by atoms with Crippen LogP contribution in [0.2, 0.25) is 0 Å². The number of aliphatic hydroxyl groups is 1. The Balaban J connectivity index is 2.25. The van der Waals surface area contributed by atoms with Gasteiger partial charge in [-0.3, -0.25) is 4.79 Å². The fraction of sp³-hybridized carbons (Fsp3) is 0.800. The molecule has 1 N–H and O–H groups in total. The second kappa shape index (κ2) is 4.78. The first-order valence-corrected chi connectivity index (χ1v) is 6.89. The molecule has 3 heteroatoms. The van der Waals surface area contributed by atoms with Gasteiger partial charge < -0.3 is 9.84 Å². The van der Waals surface area contributed by atoms with Crippen LogP contribution < -0.4 is 0 Å². The highest BCUT2D eigenvalue weighted by molar-refractivity contribution is 5.84. The number of ketones is 1. The molecule has 2 aliphatic rings. The van der Waals surface area contributed by atoms with Crippen molar-refractivity contribution in [3.8, 4) is 0 Å². The van der Waals surface area contributed by atoms with Gasteiger partial charge in [-0.2, -0.15) is 0 Å². The molecule has 0 bridgehead atoms. The van der Waals surface area contributed by atoms with Gasteiger partial charge in [-0.25, -0.2) is 0 Å². The van der Waals surface area contributed by atoms with Gasteiger partial charge >= 0.3 is 0 Å². The van der Waals surface area contributed by atoms with E-state index in [1.165, 1.54) is 0 Å². The minimum Gasteiger partial charge on any atom is -0.390 e. The molecular formula is C15H24O3. The highest BCUT2D eigenvalue weighted by atomic mass is 16.6. The summed E-state index contributed by atoms with van der Waals surface area (Å²) in [4.78, 5) is 12.3. The summed E-state index contributed by atoms with van der Waals surface area (Å²) < 4.78 is 5.68. The number of fused-ring (bicyclic) bond motifs is 1. The zero-order valence-electron chi connectivity index (χ0n) is 11.8. The maximum atomic E-state index is 12.3. The van der Waals surface area contributed by atoms with Crippen LogP contribution in [0.15, 0.2) is 11.6 Å². The summed E-state index contributed by atoms with van der Waals surface area (Å²) in [5.41, 5.74) is 0.876. The van der Waals surface area contributed by atoms with E-state index in [-0.39, 0.29) is 29.3 Å². The Bertz CT molecular complexity index is 372. The van der Waals surface area contributed by atoms with E-state index in [1.807, 2.05) is 27.7 Å². The van der Waals surface area contributed by atoms with E-state index in [0.29, 0.717) is 6.42 Å². The number of rotatable bonds is 1. The van der Waals surface area contributed by atoms with Crippen molar-refractivity contribution in [2.75, 3.05) is 0 Å². The maximum Gasteiger partial charge on any atom is 0.142 e. The molecule has 102 valence electrons. The molecule has 2 rings (SSSR count). The lowest BCUT2D eigenvalue weighted by Crippen LogP contribution is -2.38. The molecule has 1 aliphatic heterocycles. The smallest absolute Gasteiger partial charge is 0.142 e. The van der Waals surface area contributed by atoms with Crippen LogP contribution in [0.1, 0.15) is 47.0 Å². The number of Topliss-reactive ketones (excluding diaryl/α,β-unsaturated/α-hetero) is 1. The van der Waals surface area contributed by atoms with Crippen LogP contribution in [0.25, 0.3) is 0 Å². The first kappa shape index (κ1) is 13.8. The molecule has 0 spiro atoms. The lowest BCUT2D eigenvalue weighted by atomic mass is 9.79. The Labute approximate surface area is 109 Å². The average Bonchev–Trinajstić information content (AvgIpc) is 2.89. The summed E-state index contributed by atoms with van der Waals surface area (Å²) in [6, 6.07) is 0. The molecular weight excluding hydrogens is 228 g/mol. The van der Waals surface area contributed by atoms with Crippen molar-refractivity contribution in [3.63, 3.8) is 0 Å². The van der Waals surface area contributed by atoms with Gasteiger partial charge in [0, 0.05) is 12.3 Å². The van der Waals surface area contributed by atoms with Gasteiger partial charge in [-0.05, 0) is 32.6 Å². The van der Waals surface area contributed by atoms with Crippen LogP contribution in [0.4, 0.5) is 0 Å². The van der Waals surface area contributed by atoms with Crippen molar-refractivity contribution >= 4 is 5.78 Å². The topological polar surface area (TPSA) is 49.8 Å². The minimum absolute atomic E-state index is 0.144. The van der Waals surface area contributed by atoms with E-state index in [4.69, 9.17) is 4.74 Å². The standard InChI is InChI=1S/C15H24O3/c1-9(2)12-11(16)8-10(3)6-5-7-15(4)14(18-15)13(12)17/h6,9,12-14,17H,5,7-8H2,1-4H3. The summed E-state index contributed by atoms with van der Waals surface area (Å²) in [5.74, 6) is -0.0162. The van der Waals surface area contributed by atoms with Crippen LogP contribution in [-0.4, -0.2) is 28.7 Å². The van der Waals surface area contributed by atoms with E-state index >= 15 is 0 Å². The number of carbonyl (C=O) groups is 1. The zero-order valence-corrected chi connectivity index (χ0v) is 11.8. The van der Waals surface area contributed by atoms with Crippen LogP contribution >= 0.6 is 0 Å². The number of allylic oxidation sites excluding steroid dienone is 2. The second-order valence-electron chi connectivity index (χ2n) is 6.34. The Hall–Kier alpha value is -0.670. The second-order valence-corrected chi connectivity index (χ2v) is 6.34. The third-order valence-electron chi connectivity index (χ3n) is 4.30. The molecule has 1 fully saturated rings. The zero-order chi connectivity index (χ0) is 13.5. The van der Waals surface area contributed by atoms with Crippen molar-refractivity contribution in [1.29, 1.82) is 0 Å². The molecule has 0 radical (unpaired) electrons. The molecule has 1 heterocycles. The third-order valence-corrected chi connectivity index (χ3v) is 4.30. The average molecular weight is 252 g/mol. The number of hydrogen-bond donors (Lipinski definition) is 1. The Morgan fingerprint density at radius 2 is 2.17 bits per heavy atom. The highest BCUT2D eigenvalue weighted by Crippen LogP contribution is 2.45. The van der Waals surface area contributed by atoms with E-state index in [2.05, 4.69) is 6.08 Å². The Morgan fingerprint density at radius 3 is 2.78 bits per heavy atom. The molecule has 0 aromatic rings. The molecule has 4 atom stereocenters. The van der Waals surface area contributed by atoms with Crippen LogP contribution in [0, 0.1) is 11.8 Å². The van der Waals surface area contributed by atoms with Crippen molar-refractivity contribution in [2.45, 2.75) is 64.8 Å². The maximum absolute atomic E-state index is 12.3. The third kappa shape index (κ3) is 2.52. The monoisotopic (exact) mass is 252 g/mol. The van der Waals surface area contributed by atoms with Crippen molar-refractivity contribution in [3.05, 3.63) is 11.6 Å². The number of epoxide rings is 1. The number of carbonyl (C=O) groups excluding carboxylic acids is 1. The predicted molar refractivity (Wildman–Crippen MR) is 70.2 cm³/mol. The lowest BCUT2D eigenvalue weighted by molar-refractivity contribution is -0.128. The molecule has 1 aliphatic carbocycles. The molecule has 0 saturated carbocycles. The number of aliphatic hydroxyl groups excluding tert-OH is 1. The highest BCUT2D eigenvalue weighted by Gasteiger charge is 2.58. The summed E-state index contributed by atoms with van der Waals surface area (Å²) in [6.07, 6.45) is 3.62. The summed E-state index contributed by atoms with van der Waals surface area (Å²) >= 11 is 0. The Kier molecular flexibility index (Phi) is 3.65. The van der Waals surface area contributed by atoms with Gasteiger partial charge in [0.15, 0.2) is 0 Å². The fourth-order valence-electron chi connectivity index (χ4n) is 3.10. The SMILES string of the molecule is CC1=CCCC2(C)OC2C(O)C(C(C)C)C(=O)C1. The molecule has 1 saturated heterocycles. The van der Waals surface area contributed by atoms with Crippen LogP contribution in [0.3, 0.4) is 0 Å². The largest absolute Gasteiger partial charge is 0.390 e. The molecule has 4 unspecified atom stereocenters. The van der Waals surface area contributed by atoms with Crippen molar-refractivity contribution < 1.29 is 14.6 Å². The summed E-state index contributed by atoms with van der Waals surface area (Å²) in [5, 5.41) is 10.4. The quantitative estimate of drug-likeness (QED) is 0.576. The number of ether oxygens (including phenoxy) is 1. The van der Waals surface area contributed by atoms with Gasteiger partial charge in [0.1, 0.15) is 11.9 Å². The van der Waals surface area contributed by atoms with E-state index in [1.54, 1.807) is 0 Å². The lowest BCUT2D eigenvalue weighted by Gasteiger charge is -2.25. The van der Waals surface area contributed by atoms with Gasteiger partial charge in [0.2, 0.25) is 0 Å². The fourth-order valence-corrected chi connectivity index (χ4v) is 3.10. The molecule has 18 heavy (non-hydrogen) atoms. The van der Waals surface area contributed by atoms with Gasteiger partial charge in [0.05, 0.1) is 11.7 Å².